The first-order valence-corrected chi connectivity index (χ1v) is 10.4. The number of anilines is 1. The molecule has 1 amide bonds. The molecule has 0 fully saturated rings. The fraction of sp³-hybridized carbons (Fsp3) is 0.261. The third kappa shape index (κ3) is 5.15. The molecule has 1 N–H and O–H groups in total. The zero-order valence-electron chi connectivity index (χ0n) is 17.1. The van der Waals surface area contributed by atoms with Gasteiger partial charge in [0, 0.05) is 23.7 Å². The molecular weight excluding hydrogens is 382 g/mol. The van der Waals surface area contributed by atoms with Crippen molar-refractivity contribution in [1.29, 1.82) is 0 Å². The van der Waals surface area contributed by atoms with Gasteiger partial charge in [0.1, 0.15) is 0 Å². The van der Waals surface area contributed by atoms with E-state index in [0.29, 0.717) is 17.0 Å². The number of hydrogen-bond donors (Lipinski definition) is 1. The highest BCUT2D eigenvalue weighted by atomic mass is 32.2. The predicted molar refractivity (Wildman–Crippen MR) is 118 cm³/mol. The second-order valence-corrected chi connectivity index (χ2v) is 8.79. The summed E-state index contributed by atoms with van der Waals surface area (Å²) in [6, 6.07) is 17.1. The normalized spacial score (nSPS) is 11.3. The standard InChI is InChI=1S/C23H25N3O2S/c1-23(2,3)21(28)25-18-12-10-17(11-13-18)20(27)15-29-22-24-14-19(26(22)4)16-8-6-5-7-9-16/h5-14H,15H2,1-4H3,(H,25,28). The highest BCUT2D eigenvalue weighted by Gasteiger charge is 2.21. The molecule has 0 radical (unpaired) electrons. The first-order valence-electron chi connectivity index (χ1n) is 9.40. The summed E-state index contributed by atoms with van der Waals surface area (Å²) < 4.78 is 2.00. The van der Waals surface area contributed by atoms with Crippen LogP contribution in [0.1, 0.15) is 31.1 Å². The Morgan fingerprint density at radius 3 is 2.31 bits per heavy atom. The van der Waals surface area contributed by atoms with Crippen molar-refractivity contribution in [1.82, 2.24) is 9.55 Å². The number of nitrogens with zero attached hydrogens (tertiary/aromatic N) is 2. The van der Waals surface area contributed by atoms with Crippen molar-refractivity contribution < 1.29 is 9.59 Å². The number of Topliss-reactive ketones (excluding diaryl/α,β-unsaturated/α-hetero) is 1. The molecule has 0 saturated carbocycles. The van der Waals surface area contributed by atoms with Gasteiger partial charge in [0.15, 0.2) is 10.9 Å². The Morgan fingerprint density at radius 2 is 1.69 bits per heavy atom. The van der Waals surface area contributed by atoms with Crippen molar-refractivity contribution in [3.63, 3.8) is 0 Å². The third-order valence-corrected chi connectivity index (χ3v) is 5.54. The van der Waals surface area contributed by atoms with Gasteiger partial charge in [-0.15, -0.1) is 0 Å². The van der Waals surface area contributed by atoms with Crippen molar-refractivity contribution in [2.75, 3.05) is 11.1 Å². The van der Waals surface area contributed by atoms with E-state index in [9.17, 15) is 9.59 Å². The van der Waals surface area contributed by atoms with Gasteiger partial charge in [0.2, 0.25) is 5.91 Å². The number of nitrogens with one attached hydrogen (secondary N) is 1. The van der Waals surface area contributed by atoms with E-state index in [0.717, 1.165) is 16.4 Å². The summed E-state index contributed by atoms with van der Waals surface area (Å²) in [5, 5.41) is 3.66. The van der Waals surface area contributed by atoms with Gasteiger partial charge in [-0.1, -0.05) is 62.9 Å². The Labute approximate surface area is 175 Å². The predicted octanol–water partition coefficient (Wildman–Crippen LogP) is 5.05. The van der Waals surface area contributed by atoms with Crippen molar-refractivity contribution in [3.05, 3.63) is 66.4 Å². The molecule has 3 rings (SSSR count). The average molecular weight is 408 g/mol. The second-order valence-electron chi connectivity index (χ2n) is 7.84. The molecule has 3 aromatic rings. The Morgan fingerprint density at radius 1 is 1.03 bits per heavy atom. The molecule has 5 nitrogen and oxygen atoms in total. The summed E-state index contributed by atoms with van der Waals surface area (Å²) in [6.45, 7) is 5.58. The number of imidazole rings is 1. The van der Waals surface area contributed by atoms with Crippen LogP contribution in [0.25, 0.3) is 11.3 Å². The van der Waals surface area contributed by atoms with E-state index >= 15 is 0 Å². The van der Waals surface area contributed by atoms with E-state index in [1.54, 1.807) is 24.3 Å². The number of benzene rings is 2. The molecule has 0 aliphatic rings. The molecule has 0 bridgehead atoms. The largest absolute Gasteiger partial charge is 0.326 e. The van der Waals surface area contributed by atoms with E-state index in [4.69, 9.17) is 0 Å². The number of aromatic nitrogens is 2. The van der Waals surface area contributed by atoms with E-state index in [2.05, 4.69) is 10.3 Å². The molecule has 2 aromatic carbocycles. The van der Waals surface area contributed by atoms with Crippen LogP contribution in [0.15, 0.2) is 66.0 Å². The molecule has 0 atom stereocenters. The SMILES string of the molecule is Cn1c(-c2ccccc2)cnc1SCC(=O)c1ccc(NC(=O)C(C)(C)C)cc1. The fourth-order valence-corrected chi connectivity index (χ4v) is 3.52. The number of carbonyl (C=O) groups is 2. The molecule has 1 heterocycles. The summed E-state index contributed by atoms with van der Waals surface area (Å²) in [6.07, 6.45) is 1.83. The minimum atomic E-state index is -0.466. The maximum absolute atomic E-state index is 12.6. The molecule has 1 aromatic heterocycles. The Kier molecular flexibility index (Phi) is 6.23. The quantitative estimate of drug-likeness (QED) is 0.459. The summed E-state index contributed by atoms with van der Waals surface area (Å²) in [4.78, 5) is 29.1. The maximum atomic E-state index is 12.6. The first-order chi connectivity index (χ1) is 13.8. The molecule has 0 aliphatic carbocycles. The highest BCUT2D eigenvalue weighted by Crippen LogP contribution is 2.25. The molecule has 0 unspecified atom stereocenters. The summed E-state index contributed by atoms with van der Waals surface area (Å²) in [5.74, 6) is 0.261. The minimum Gasteiger partial charge on any atom is -0.326 e. The lowest BCUT2D eigenvalue weighted by Gasteiger charge is -2.17. The smallest absolute Gasteiger partial charge is 0.229 e. The van der Waals surface area contributed by atoms with Crippen molar-refractivity contribution in [3.8, 4) is 11.3 Å². The zero-order valence-corrected chi connectivity index (χ0v) is 17.9. The molecule has 29 heavy (non-hydrogen) atoms. The number of carbonyl (C=O) groups excluding carboxylic acids is 2. The van der Waals surface area contributed by atoms with Crippen LogP contribution < -0.4 is 5.32 Å². The van der Waals surface area contributed by atoms with E-state index in [-0.39, 0.29) is 11.7 Å². The lowest BCUT2D eigenvalue weighted by molar-refractivity contribution is -0.123. The highest BCUT2D eigenvalue weighted by molar-refractivity contribution is 7.99. The van der Waals surface area contributed by atoms with Crippen LogP contribution in [0.3, 0.4) is 0 Å². The van der Waals surface area contributed by atoms with E-state index in [1.165, 1.54) is 11.8 Å². The summed E-state index contributed by atoms with van der Waals surface area (Å²) in [7, 11) is 1.95. The summed E-state index contributed by atoms with van der Waals surface area (Å²) >= 11 is 1.42. The van der Waals surface area contributed by atoms with Crippen LogP contribution in [-0.2, 0) is 11.8 Å². The van der Waals surface area contributed by atoms with Crippen LogP contribution in [0.2, 0.25) is 0 Å². The van der Waals surface area contributed by atoms with E-state index < -0.39 is 5.41 Å². The fourth-order valence-electron chi connectivity index (χ4n) is 2.68. The van der Waals surface area contributed by atoms with Crippen molar-refractivity contribution in [2.24, 2.45) is 12.5 Å². The Hall–Kier alpha value is -2.86. The minimum absolute atomic E-state index is 0.0213. The number of thioether (sulfide) groups is 1. The van der Waals surface area contributed by atoms with Crippen LogP contribution in [-0.4, -0.2) is 27.0 Å². The van der Waals surface area contributed by atoms with E-state index in [1.807, 2.05) is 68.9 Å². The van der Waals surface area contributed by atoms with Gasteiger partial charge in [0.05, 0.1) is 17.6 Å². The van der Waals surface area contributed by atoms with Gasteiger partial charge in [-0.25, -0.2) is 4.98 Å². The lowest BCUT2D eigenvalue weighted by Crippen LogP contribution is -2.27. The Bertz CT molecular complexity index is 1000. The van der Waals surface area contributed by atoms with Crippen LogP contribution in [0.5, 0.6) is 0 Å². The maximum Gasteiger partial charge on any atom is 0.229 e. The van der Waals surface area contributed by atoms with Gasteiger partial charge >= 0.3 is 0 Å². The second kappa shape index (κ2) is 8.66. The molecule has 0 aliphatic heterocycles. The van der Waals surface area contributed by atoms with Gasteiger partial charge in [0.25, 0.3) is 0 Å². The van der Waals surface area contributed by atoms with Gasteiger partial charge in [-0.2, -0.15) is 0 Å². The topological polar surface area (TPSA) is 64.0 Å². The summed E-state index contributed by atoms with van der Waals surface area (Å²) in [5.41, 5.74) is 2.94. The van der Waals surface area contributed by atoms with Crippen LogP contribution in [0.4, 0.5) is 5.69 Å². The lowest BCUT2D eigenvalue weighted by atomic mass is 9.95. The van der Waals surface area contributed by atoms with Crippen LogP contribution in [0, 0.1) is 5.41 Å². The molecular formula is C23H25N3O2S. The number of rotatable bonds is 6. The van der Waals surface area contributed by atoms with Crippen LogP contribution >= 0.6 is 11.8 Å². The van der Waals surface area contributed by atoms with Gasteiger partial charge in [-0.05, 0) is 29.8 Å². The number of hydrogen-bond acceptors (Lipinski definition) is 4. The molecule has 150 valence electrons. The van der Waals surface area contributed by atoms with Gasteiger partial charge < -0.3 is 9.88 Å². The van der Waals surface area contributed by atoms with Gasteiger partial charge in [-0.3, -0.25) is 9.59 Å². The monoisotopic (exact) mass is 407 g/mol. The molecule has 6 heteroatoms. The molecule has 0 spiro atoms. The average Bonchev–Trinajstić information content (AvgIpc) is 3.07. The Balaban J connectivity index is 1.61. The molecule has 0 saturated heterocycles. The van der Waals surface area contributed by atoms with Crippen molar-refractivity contribution in [2.45, 2.75) is 25.9 Å². The first kappa shape index (κ1) is 20.9. The number of amides is 1. The zero-order chi connectivity index (χ0) is 21.0. The third-order valence-electron chi connectivity index (χ3n) is 4.49. The van der Waals surface area contributed by atoms with Crippen molar-refractivity contribution >= 4 is 29.1 Å². The number of ketones is 1.